The molecule has 0 aliphatic heterocycles. The van der Waals surface area contributed by atoms with E-state index < -0.39 is 0 Å². The number of amides is 1. The molecule has 0 unspecified atom stereocenters. The molecule has 0 saturated heterocycles. The summed E-state index contributed by atoms with van der Waals surface area (Å²) in [5.74, 6) is 0.868. The maximum absolute atomic E-state index is 11.9. The molecule has 0 bridgehead atoms. The van der Waals surface area contributed by atoms with Crippen LogP contribution in [0.4, 0.5) is 0 Å². The summed E-state index contributed by atoms with van der Waals surface area (Å²) in [7, 11) is 0. The van der Waals surface area contributed by atoms with Crippen LogP contribution in [0, 0.1) is 0 Å². The van der Waals surface area contributed by atoms with Crippen LogP contribution in [0.2, 0.25) is 0 Å². The molecule has 0 saturated carbocycles. The van der Waals surface area contributed by atoms with Crippen LogP contribution in [0.15, 0.2) is 42.9 Å². The zero-order valence-corrected chi connectivity index (χ0v) is 11.4. The van der Waals surface area contributed by atoms with E-state index in [1.54, 1.807) is 36.7 Å². The minimum absolute atomic E-state index is 0.0944. The summed E-state index contributed by atoms with van der Waals surface area (Å²) >= 11 is 0. The summed E-state index contributed by atoms with van der Waals surface area (Å²) in [5, 5.41) is 2.87. The highest BCUT2D eigenvalue weighted by atomic mass is 16.5. The van der Waals surface area contributed by atoms with E-state index in [4.69, 9.17) is 4.74 Å². The van der Waals surface area contributed by atoms with Gasteiger partial charge in [-0.05, 0) is 24.6 Å². The van der Waals surface area contributed by atoms with E-state index in [1.165, 1.54) is 6.20 Å². The minimum atomic E-state index is -0.0944. The Morgan fingerprint density at radius 1 is 1.35 bits per heavy atom. The maximum Gasteiger partial charge on any atom is 0.251 e. The zero-order chi connectivity index (χ0) is 14.2. The second-order valence-electron chi connectivity index (χ2n) is 4.28. The highest BCUT2D eigenvalue weighted by Gasteiger charge is 2.06. The highest BCUT2D eigenvalue weighted by Crippen LogP contribution is 2.19. The quantitative estimate of drug-likeness (QED) is 0.820. The van der Waals surface area contributed by atoms with Crippen LogP contribution in [-0.4, -0.2) is 22.4 Å². The van der Waals surface area contributed by atoms with Crippen LogP contribution in [0.3, 0.4) is 0 Å². The number of aromatic nitrogens is 2. The third kappa shape index (κ3) is 4.05. The average Bonchev–Trinajstić information content (AvgIpc) is 2.49. The smallest absolute Gasteiger partial charge is 0.251 e. The second-order valence-corrected chi connectivity index (χ2v) is 4.28. The fraction of sp³-hybridized carbons (Fsp3) is 0.267. The summed E-state index contributed by atoms with van der Waals surface area (Å²) in [6.07, 6.45) is 6.67. The molecule has 1 aromatic heterocycles. The Bertz CT molecular complexity index is 558. The topological polar surface area (TPSA) is 64.1 Å². The summed E-state index contributed by atoms with van der Waals surface area (Å²) < 4.78 is 5.54. The van der Waals surface area contributed by atoms with Crippen molar-refractivity contribution in [1.82, 2.24) is 15.3 Å². The number of carbonyl (C=O) groups excluding carboxylic acids is 1. The van der Waals surface area contributed by atoms with Gasteiger partial charge in [0.2, 0.25) is 5.88 Å². The monoisotopic (exact) mass is 271 g/mol. The van der Waals surface area contributed by atoms with Crippen LogP contribution in [0.25, 0.3) is 0 Å². The zero-order valence-electron chi connectivity index (χ0n) is 11.4. The molecule has 0 radical (unpaired) electrons. The minimum Gasteiger partial charge on any atom is -0.437 e. The van der Waals surface area contributed by atoms with Crippen molar-refractivity contribution < 1.29 is 9.53 Å². The van der Waals surface area contributed by atoms with Crippen LogP contribution in [0.5, 0.6) is 11.6 Å². The lowest BCUT2D eigenvalue weighted by atomic mass is 10.2. The Morgan fingerprint density at radius 3 is 3.00 bits per heavy atom. The van der Waals surface area contributed by atoms with Gasteiger partial charge >= 0.3 is 0 Å². The van der Waals surface area contributed by atoms with Crippen molar-refractivity contribution in [2.45, 2.75) is 19.8 Å². The number of rotatable bonds is 6. The Morgan fingerprint density at radius 2 is 2.25 bits per heavy atom. The highest BCUT2D eigenvalue weighted by molar-refractivity contribution is 5.94. The van der Waals surface area contributed by atoms with Crippen molar-refractivity contribution in [3.63, 3.8) is 0 Å². The number of nitrogens with one attached hydrogen (secondary N) is 1. The number of carbonyl (C=O) groups is 1. The molecule has 1 N–H and O–H groups in total. The molecule has 0 aliphatic rings. The van der Waals surface area contributed by atoms with E-state index in [-0.39, 0.29) is 5.91 Å². The molecule has 20 heavy (non-hydrogen) atoms. The summed E-state index contributed by atoms with van der Waals surface area (Å²) in [6, 6.07) is 7.00. The van der Waals surface area contributed by atoms with E-state index in [9.17, 15) is 4.79 Å². The number of hydrogen-bond donors (Lipinski definition) is 1. The third-order valence-corrected chi connectivity index (χ3v) is 2.67. The van der Waals surface area contributed by atoms with Gasteiger partial charge in [-0.1, -0.05) is 19.4 Å². The van der Waals surface area contributed by atoms with Crippen molar-refractivity contribution in [1.29, 1.82) is 0 Å². The standard InChI is InChI=1S/C15H17N3O2/c1-2-3-7-18-15(19)12-5-4-6-13(10-12)20-14-11-16-8-9-17-14/h4-6,8-11H,2-3,7H2,1H3,(H,18,19). The SMILES string of the molecule is CCCCNC(=O)c1cccc(Oc2cnccn2)c1. The maximum atomic E-state index is 11.9. The third-order valence-electron chi connectivity index (χ3n) is 2.67. The molecule has 0 atom stereocenters. The number of unbranched alkanes of at least 4 members (excludes halogenated alkanes) is 1. The molecule has 2 rings (SSSR count). The lowest BCUT2D eigenvalue weighted by Crippen LogP contribution is -2.24. The molecule has 104 valence electrons. The van der Waals surface area contributed by atoms with Crippen molar-refractivity contribution >= 4 is 5.91 Å². The van der Waals surface area contributed by atoms with Gasteiger partial charge < -0.3 is 10.1 Å². The van der Waals surface area contributed by atoms with Crippen molar-refractivity contribution in [3.8, 4) is 11.6 Å². The van der Waals surface area contributed by atoms with E-state index in [0.29, 0.717) is 23.7 Å². The molecule has 2 aromatic rings. The van der Waals surface area contributed by atoms with Gasteiger partial charge in [-0.15, -0.1) is 0 Å². The predicted octanol–water partition coefficient (Wildman–Crippen LogP) is 2.80. The average molecular weight is 271 g/mol. The van der Waals surface area contributed by atoms with E-state index >= 15 is 0 Å². The largest absolute Gasteiger partial charge is 0.437 e. The molecule has 1 heterocycles. The molecule has 0 fully saturated rings. The van der Waals surface area contributed by atoms with Gasteiger partial charge in [0.15, 0.2) is 0 Å². The number of hydrogen-bond acceptors (Lipinski definition) is 4. The second kappa shape index (κ2) is 7.23. The number of ether oxygens (including phenoxy) is 1. The number of nitrogens with zero attached hydrogens (tertiary/aromatic N) is 2. The molecule has 1 aromatic carbocycles. The predicted molar refractivity (Wildman–Crippen MR) is 75.8 cm³/mol. The number of benzene rings is 1. The van der Waals surface area contributed by atoms with Crippen LogP contribution in [0.1, 0.15) is 30.1 Å². The molecule has 5 nitrogen and oxygen atoms in total. The Labute approximate surface area is 118 Å². The molecule has 0 spiro atoms. The van der Waals surface area contributed by atoms with Crippen LogP contribution < -0.4 is 10.1 Å². The van der Waals surface area contributed by atoms with Gasteiger partial charge in [0.25, 0.3) is 5.91 Å². The van der Waals surface area contributed by atoms with E-state index in [0.717, 1.165) is 12.8 Å². The molecular weight excluding hydrogens is 254 g/mol. The fourth-order valence-corrected chi connectivity index (χ4v) is 1.64. The first-order chi connectivity index (χ1) is 9.79. The molecule has 5 heteroatoms. The lowest BCUT2D eigenvalue weighted by molar-refractivity contribution is 0.0953. The fourth-order valence-electron chi connectivity index (χ4n) is 1.64. The summed E-state index contributed by atoms with van der Waals surface area (Å²) in [4.78, 5) is 19.9. The Hall–Kier alpha value is -2.43. The van der Waals surface area contributed by atoms with Gasteiger partial charge in [-0.2, -0.15) is 0 Å². The van der Waals surface area contributed by atoms with Gasteiger partial charge in [0.05, 0.1) is 6.20 Å². The molecule has 1 amide bonds. The van der Waals surface area contributed by atoms with Gasteiger partial charge in [-0.3, -0.25) is 9.78 Å². The van der Waals surface area contributed by atoms with E-state index in [2.05, 4.69) is 22.2 Å². The van der Waals surface area contributed by atoms with Crippen molar-refractivity contribution in [3.05, 3.63) is 48.4 Å². The molecular formula is C15H17N3O2. The summed E-state index contributed by atoms with van der Waals surface area (Å²) in [6.45, 7) is 2.77. The van der Waals surface area contributed by atoms with Gasteiger partial charge in [0.1, 0.15) is 5.75 Å². The van der Waals surface area contributed by atoms with E-state index in [1.807, 2.05) is 0 Å². The van der Waals surface area contributed by atoms with Crippen molar-refractivity contribution in [2.75, 3.05) is 6.54 Å². The first kappa shape index (κ1) is 14.0. The van der Waals surface area contributed by atoms with Crippen LogP contribution >= 0.6 is 0 Å². The van der Waals surface area contributed by atoms with Crippen molar-refractivity contribution in [2.24, 2.45) is 0 Å². The first-order valence-electron chi connectivity index (χ1n) is 6.61. The van der Waals surface area contributed by atoms with Gasteiger partial charge in [0, 0.05) is 24.5 Å². The Kier molecular flexibility index (Phi) is 5.06. The normalized spacial score (nSPS) is 10.1. The van der Waals surface area contributed by atoms with Gasteiger partial charge in [-0.25, -0.2) is 4.98 Å². The lowest BCUT2D eigenvalue weighted by Gasteiger charge is -2.07. The van der Waals surface area contributed by atoms with Crippen LogP contribution in [-0.2, 0) is 0 Å². The Balaban J connectivity index is 2.02. The molecule has 0 aliphatic carbocycles. The summed E-state index contributed by atoms with van der Waals surface area (Å²) in [5.41, 5.74) is 0.572. The first-order valence-corrected chi connectivity index (χ1v) is 6.61.